The van der Waals surface area contributed by atoms with Crippen LogP contribution in [0.4, 0.5) is 10.5 Å². The second-order valence-corrected chi connectivity index (χ2v) is 9.14. The van der Waals surface area contributed by atoms with Gasteiger partial charge in [-0.3, -0.25) is 19.9 Å². The molecule has 2 amide bonds. The van der Waals surface area contributed by atoms with Crippen LogP contribution in [0.3, 0.4) is 0 Å². The van der Waals surface area contributed by atoms with Gasteiger partial charge in [-0.25, -0.2) is 4.79 Å². The van der Waals surface area contributed by atoms with Gasteiger partial charge in [0.05, 0.1) is 26.0 Å². The minimum Gasteiger partial charge on any atom is -0.468 e. The highest BCUT2D eigenvalue weighted by Gasteiger charge is 2.27. The van der Waals surface area contributed by atoms with Crippen molar-refractivity contribution in [3.63, 3.8) is 0 Å². The molecule has 1 aliphatic rings. The van der Waals surface area contributed by atoms with Crippen molar-refractivity contribution in [1.29, 1.82) is 0 Å². The van der Waals surface area contributed by atoms with Gasteiger partial charge in [0, 0.05) is 50.5 Å². The molecule has 0 saturated carbocycles. The summed E-state index contributed by atoms with van der Waals surface area (Å²) in [5.41, 5.74) is 3.54. The van der Waals surface area contributed by atoms with E-state index in [0.717, 1.165) is 49.6 Å². The largest absolute Gasteiger partial charge is 0.468 e. The number of furan rings is 1. The first-order valence-corrected chi connectivity index (χ1v) is 12.8. The van der Waals surface area contributed by atoms with Crippen LogP contribution >= 0.6 is 0 Å². The summed E-state index contributed by atoms with van der Waals surface area (Å²) in [6.45, 7) is 9.72. The number of nitrogens with one attached hydrogen (secondary N) is 1. The maximum absolute atomic E-state index is 12.9. The average molecular weight is 505 g/mol. The van der Waals surface area contributed by atoms with Gasteiger partial charge in [-0.15, -0.1) is 0 Å². The molecule has 2 aromatic carbocycles. The van der Waals surface area contributed by atoms with E-state index in [-0.39, 0.29) is 11.9 Å². The van der Waals surface area contributed by atoms with Crippen LogP contribution in [0.2, 0.25) is 0 Å². The van der Waals surface area contributed by atoms with Crippen LogP contribution in [-0.4, -0.2) is 73.1 Å². The van der Waals surface area contributed by atoms with E-state index in [1.54, 1.807) is 6.26 Å². The molecule has 0 spiro atoms. The number of anilines is 1. The lowest BCUT2D eigenvalue weighted by Crippen LogP contribution is -2.47. The van der Waals surface area contributed by atoms with Gasteiger partial charge in [-0.2, -0.15) is 0 Å². The molecule has 1 aromatic heterocycles. The lowest BCUT2D eigenvalue weighted by molar-refractivity contribution is 0.0772. The highest BCUT2D eigenvalue weighted by Crippen LogP contribution is 2.32. The lowest BCUT2D eigenvalue weighted by Gasteiger charge is -2.39. The Morgan fingerprint density at radius 1 is 0.973 bits per heavy atom. The van der Waals surface area contributed by atoms with E-state index >= 15 is 0 Å². The summed E-state index contributed by atoms with van der Waals surface area (Å²) in [6.07, 6.45) is 1.21. The van der Waals surface area contributed by atoms with Gasteiger partial charge in [-0.1, -0.05) is 24.3 Å². The summed E-state index contributed by atoms with van der Waals surface area (Å²) in [7, 11) is 1.35. The zero-order valence-electron chi connectivity index (χ0n) is 21.9. The molecule has 1 aliphatic heterocycles. The number of methoxy groups -OCH3 is 1. The third-order valence-electron chi connectivity index (χ3n) is 6.89. The first kappa shape index (κ1) is 26.4. The molecule has 1 atom stereocenters. The van der Waals surface area contributed by atoms with E-state index in [9.17, 15) is 9.59 Å². The Kier molecular flexibility index (Phi) is 8.98. The van der Waals surface area contributed by atoms with Gasteiger partial charge in [0.15, 0.2) is 0 Å². The third kappa shape index (κ3) is 6.58. The van der Waals surface area contributed by atoms with E-state index < -0.39 is 6.09 Å². The number of carbonyl (C=O) groups excluding carboxylic acids is 2. The number of carbonyl (C=O) groups is 2. The standard InChI is InChI=1S/C29H36N4O4/c1-4-32(5-2)28(34)23-13-11-22(12-14-23)27(24-8-6-9-25(20-24)30-29(35)36-3)33-17-15-31(16-18-33)21-26-10-7-19-37-26/h6-14,19-20,27H,4-5,15-18,21H2,1-3H3,(H,30,35). The van der Waals surface area contributed by atoms with E-state index in [1.165, 1.54) is 7.11 Å². The van der Waals surface area contributed by atoms with Crippen molar-refractivity contribution in [1.82, 2.24) is 14.7 Å². The summed E-state index contributed by atoms with van der Waals surface area (Å²) in [5, 5.41) is 2.77. The fourth-order valence-corrected chi connectivity index (χ4v) is 4.87. The van der Waals surface area contributed by atoms with E-state index in [0.29, 0.717) is 24.3 Å². The second kappa shape index (κ2) is 12.6. The molecule has 0 aliphatic carbocycles. The number of benzene rings is 2. The highest BCUT2D eigenvalue weighted by atomic mass is 16.5. The van der Waals surface area contributed by atoms with Crippen LogP contribution in [0.5, 0.6) is 0 Å². The SMILES string of the molecule is CCN(CC)C(=O)c1ccc(C(c2cccc(NC(=O)OC)c2)N2CCN(Cc3ccco3)CC2)cc1. The smallest absolute Gasteiger partial charge is 0.411 e. The maximum atomic E-state index is 12.9. The van der Waals surface area contributed by atoms with E-state index in [2.05, 4.69) is 33.3 Å². The van der Waals surface area contributed by atoms with Crippen molar-refractivity contribution >= 4 is 17.7 Å². The van der Waals surface area contributed by atoms with Crippen molar-refractivity contribution in [2.24, 2.45) is 0 Å². The number of rotatable bonds is 9. The summed E-state index contributed by atoms with van der Waals surface area (Å²) in [5.74, 6) is 1.02. The van der Waals surface area contributed by atoms with Gasteiger partial charge in [0.25, 0.3) is 5.91 Å². The fraction of sp³-hybridized carbons (Fsp3) is 0.379. The molecular formula is C29H36N4O4. The van der Waals surface area contributed by atoms with Gasteiger partial charge in [0.1, 0.15) is 5.76 Å². The molecule has 1 N–H and O–H groups in total. The molecule has 8 nitrogen and oxygen atoms in total. The Bertz CT molecular complexity index is 1150. The monoisotopic (exact) mass is 504 g/mol. The molecule has 1 fully saturated rings. The van der Waals surface area contributed by atoms with Gasteiger partial charge in [0.2, 0.25) is 0 Å². The second-order valence-electron chi connectivity index (χ2n) is 9.14. The predicted molar refractivity (Wildman–Crippen MR) is 144 cm³/mol. The zero-order chi connectivity index (χ0) is 26.2. The van der Waals surface area contributed by atoms with Crippen LogP contribution < -0.4 is 5.32 Å². The molecule has 1 unspecified atom stereocenters. The molecular weight excluding hydrogens is 468 g/mol. The van der Waals surface area contributed by atoms with Crippen LogP contribution in [0.25, 0.3) is 0 Å². The summed E-state index contributed by atoms with van der Waals surface area (Å²) < 4.78 is 10.3. The van der Waals surface area contributed by atoms with Crippen LogP contribution in [0.1, 0.15) is 47.1 Å². The molecule has 4 rings (SSSR count). The molecule has 0 radical (unpaired) electrons. The summed E-state index contributed by atoms with van der Waals surface area (Å²) in [6, 6.07) is 19.7. The number of nitrogens with zero attached hydrogens (tertiary/aromatic N) is 3. The molecule has 2 heterocycles. The first-order valence-electron chi connectivity index (χ1n) is 12.8. The number of amides is 2. The fourth-order valence-electron chi connectivity index (χ4n) is 4.87. The maximum Gasteiger partial charge on any atom is 0.411 e. The van der Waals surface area contributed by atoms with Crippen LogP contribution in [0, 0.1) is 0 Å². The minimum absolute atomic E-state index is 0.0252. The molecule has 1 saturated heterocycles. The van der Waals surface area contributed by atoms with Crippen molar-refractivity contribution < 1.29 is 18.7 Å². The minimum atomic E-state index is -0.500. The average Bonchev–Trinajstić information content (AvgIpc) is 3.44. The Morgan fingerprint density at radius 3 is 2.32 bits per heavy atom. The Balaban J connectivity index is 1.58. The summed E-state index contributed by atoms with van der Waals surface area (Å²) >= 11 is 0. The topological polar surface area (TPSA) is 78.3 Å². The van der Waals surface area contributed by atoms with Gasteiger partial charge in [-0.05, 0) is 61.4 Å². The summed E-state index contributed by atoms with van der Waals surface area (Å²) in [4.78, 5) is 31.3. The Labute approximate surface area is 218 Å². The number of piperazine rings is 1. The van der Waals surface area contributed by atoms with Gasteiger partial charge < -0.3 is 14.1 Å². The third-order valence-corrected chi connectivity index (χ3v) is 6.89. The normalized spacial score (nSPS) is 15.2. The van der Waals surface area contributed by atoms with E-state index in [1.807, 2.05) is 61.2 Å². The highest BCUT2D eigenvalue weighted by molar-refractivity contribution is 5.94. The molecule has 0 bridgehead atoms. The van der Waals surface area contributed by atoms with Crippen molar-refractivity contribution in [3.05, 3.63) is 89.4 Å². The molecule has 3 aromatic rings. The first-order chi connectivity index (χ1) is 18.0. The van der Waals surface area contributed by atoms with Crippen molar-refractivity contribution in [2.75, 3.05) is 51.7 Å². The molecule has 196 valence electrons. The lowest BCUT2D eigenvalue weighted by atomic mass is 9.95. The van der Waals surface area contributed by atoms with Gasteiger partial charge >= 0.3 is 6.09 Å². The van der Waals surface area contributed by atoms with E-state index in [4.69, 9.17) is 9.15 Å². The quantitative estimate of drug-likeness (QED) is 0.449. The zero-order valence-corrected chi connectivity index (χ0v) is 21.9. The Hall–Kier alpha value is -3.62. The van der Waals surface area contributed by atoms with Crippen LogP contribution in [-0.2, 0) is 11.3 Å². The molecule has 37 heavy (non-hydrogen) atoms. The number of hydrogen-bond acceptors (Lipinski definition) is 6. The van der Waals surface area contributed by atoms with Crippen LogP contribution in [0.15, 0.2) is 71.3 Å². The van der Waals surface area contributed by atoms with Crippen molar-refractivity contribution in [3.8, 4) is 0 Å². The van der Waals surface area contributed by atoms with Crippen molar-refractivity contribution in [2.45, 2.75) is 26.4 Å². The number of hydrogen-bond donors (Lipinski definition) is 1. The predicted octanol–water partition coefficient (Wildman–Crippen LogP) is 4.85. The number of ether oxygens (including phenoxy) is 1. The Morgan fingerprint density at radius 2 is 1.70 bits per heavy atom. The molecule has 8 heteroatoms.